The van der Waals surface area contributed by atoms with Crippen LogP contribution in [0.3, 0.4) is 0 Å². The van der Waals surface area contributed by atoms with Gasteiger partial charge in [0.05, 0.1) is 6.10 Å². The van der Waals surface area contributed by atoms with Crippen molar-refractivity contribution in [3.63, 3.8) is 0 Å². The van der Waals surface area contributed by atoms with Gasteiger partial charge < -0.3 is 15.5 Å². The maximum absolute atomic E-state index is 9.33. The number of hydrogen-bond donors (Lipinski definition) is 3. The standard InChI is InChI=1S/C11H23NO2/c1-9(8-13)6-12-7-10-2-4-11(14)5-3-10/h9-14H,2-8H2,1H3. The Morgan fingerprint density at radius 1 is 1.29 bits per heavy atom. The minimum atomic E-state index is -0.0531. The number of aliphatic hydroxyl groups is 2. The van der Waals surface area contributed by atoms with Gasteiger partial charge in [0, 0.05) is 6.61 Å². The van der Waals surface area contributed by atoms with Gasteiger partial charge in [0.2, 0.25) is 0 Å². The van der Waals surface area contributed by atoms with E-state index < -0.39 is 0 Å². The fourth-order valence-corrected chi connectivity index (χ4v) is 1.95. The van der Waals surface area contributed by atoms with Gasteiger partial charge in [-0.2, -0.15) is 0 Å². The lowest BCUT2D eigenvalue weighted by Crippen LogP contribution is -2.31. The zero-order valence-electron chi connectivity index (χ0n) is 9.08. The molecule has 0 heterocycles. The van der Waals surface area contributed by atoms with Crippen molar-refractivity contribution < 1.29 is 10.2 Å². The summed E-state index contributed by atoms with van der Waals surface area (Å²) >= 11 is 0. The summed E-state index contributed by atoms with van der Waals surface area (Å²) in [4.78, 5) is 0. The highest BCUT2D eigenvalue weighted by molar-refractivity contribution is 4.73. The van der Waals surface area contributed by atoms with E-state index in [-0.39, 0.29) is 12.7 Å². The fraction of sp³-hybridized carbons (Fsp3) is 1.00. The number of rotatable bonds is 5. The Labute approximate surface area is 86.5 Å². The van der Waals surface area contributed by atoms with Crippen LogP contribution in [-0.4, -0.2) is 36.0 Å². The smallest absolute Gasteiger partial charge is 0.0540 e. The van der Waals surface area contributed by atoms with Crippen LogP contribution in [0.15, 0.2) is 0 Å². The average Bonchev–Trinajstić information content (AvgIpc) is 2.21. The number of hydrogen-bond acceptors (Lipinski definition) is 3. The Morgan fingerprint density at radius 2 is 1.93 bits per heavy atom. The molecular formula is C11H23NO2. The molecule has 0 radical (unpaired) electrons. The summed E-state index contributed by atoms with van der Waals surface area (Å²) in [5.74, 6) is 1.08. The van der Waals surface area contributed by atoms with Crippen LogP contribution in [0.5, 0.6) is 0 Å². The molecule has 1 unspecified atom stereocenters. The number of aliphatic hydroxyl groups excluding tert-OH is 2. The van der Waals surface area contributed by atoms with Crippen LogP contribution in [0.4, 0.5) is 0 Å². The highest BCUT2D eigenvalue weighted by atomic mass is 16.3. The van der Waals surface area contributed by atoms with Crippen LogP contribution in [0, 0.1) is 11.8 Å². The molecule has 0 amide bonds. The molecule has 1 atom stereocenters. The second kappa shape index (κ2) is 6.38. The fourth-order valence-electron chi connectivity index (χ4n) is 1.95. The molecule has 0 aromatic heterocycles. The summed E-state index contributed by atoms with van der Waals surface area (Å²) in [6.45, 7) is 4.24. The molecule has 1 saturated carbocycles. The molecule has 3 N–H and O–H groups in total. The summed E-state index contributed by atoms with van der Waals surface area (Å²) in [5, 5.41) is 21.5. The van der Waals surface area contributed by atoms with Crippen molar-refractivity contribution in [2.45, 2.75) is 38.7 Å². The van der Waals surface area contributed by atoms with Crippen molar-refractivity contribution >= 4 is 0 Å². The first-order valence-corrected chi connectivity index (χ1v) is 5.72. The Morgan fingerprint density at radius 3 is 2.50 bits per heavy atom. The van der Waals surface area contributed by atoms with Crippen molar-refractivity contribution in [1.29, 1.82) is 0 Å². The molecule has 14 heavy (non-hydrogen) atoms. The topological polar surface area (TPSA) is 52.5 Å². The third-order valence-corrected chi connectivity index (χ3v) is 3.05. The number of nitrogens with one attached hydrogen (secondary N) is 1. The minimum absolute atomic E-state index is 0.0531. The third kappa shape index (κ3) is 4.40. The Kier molecular flexibility index (Phi) is 5.45. The summed E-state index contributed by atoms with van der Waals surface area (Å²) in [5.41, 5.74) is 0. The quantitative estimate of drug-likeness (QED) is 0.615. The highest BCUT2D eigenvalue weighted by Gasteiger charge is 2.18. The lowest BCUT2D eigenvalue weighted by atomic mass is 9.87. The average molecular weight is 201 g/mol. The van der Waals surface area contributed by atoms with E-state index in [0.717, 1.165) is 44.7 Å². The molecule has 1 fully saturated rings. The van der Waals surface area contributed by atoms with Crippen molar-refractivity contribution in [1.82, 2.24) is 5.32 Å². The molecule has 0 bridgehead atoms. The van der Waals surface area contributed by atoms with Crippen LogP contribution < -0.4 is 5.32 Å². The van der Waals surface area contributed by atoms with E-state index in [1.54, 1.807) is 0 Å². The Balaban J connectivity index is 2.02. The predicted molar refractivity (Wildman–Crippen MR) is 57.1 cm³/mol. The van der Waals surface area contributed by atoms with E-state index in [4.69, 9.17) is 5.11 Å². The van der Waals surface area contributed by atoms with Gasteiger partial charge in [-0.25, -0.2) is 0 Å². The van der Waals surface area contributed by atoms with Gasteiger partial charge in [0.25, 0.3) is 0 Å². The van der Waals surface area contributed by atoms with Crippen LogP contribution in [0.1, 0.15) is 32.6 Å². The molecule has 0 aliphatic heterocycles. The lowest BCUT2D eigenvalue weighted by Gasteiger charge is -2.25. The van der Waals surface area contributed by atoms with Gasteiger partial charge in [-0.1, -0.05) is 6.92 Å². The maximum atomic E-state index is 9.33. The zero-order valence-corrected chi connectivity index (χ0v) is 9.08. The van der Waals surface area contributed by atoms with Gasteiger partial charge in [-0.15, -0.1) is 0 Å². The molecule has 0 aromatic carbocycles. The SMILES string of the molecule is CC(CO)CNCC1CCC(O)CC1. The first kappa shape index (κ1) is 12.0. The van der Waals surface area contributed by atoms with Gasteiger partial charge >= 0.3 is 0 Å². The van der Waals surface area contributed by atoms with E-state index in [1.807, 2.05) is 6.92 Å². The van der Waals surface area contributed by atoms with Crippen LogP contribution in [0.2, 0.25) is 0 Å². The molecule has 0 saturated heterocycles. The zero-order chi connectivity index (χ0) is 10.4. The molecular weight excluding hydrogens is 178 g/mol. The summed E-state index contributed by atoms with van der Waals surface area (Å²) < 4.78 is 0. The first-order chi connectivity index (χ1) is 6.72. The van der Waals surface area contributed by atoms with Crippen LogP contribution in [-0.2, 0) is 0 Å². The van der Waals surface area contributed by atoms with E-state index >= 15 is 0 Å². The van der Waals surface area contributed by atoms with Crippen molar-refractivity contribution in [2.75, 3.05) is 19.7 Å². The van der Waals surface area contributed by atoms with E-state index in [9.17, 15) is 5.11 Å². The summed E-state index contributed by atoms with van der Waals surface area (Å²) in [7, 11) is 0. The van der Waals surface area contributed by atoms with Gasteiger partial charge in [-0.05, 0) is 50.6 Å². The molecule has 0 spiro atoms. The van der Waals surface area contributed by atoms with Gasteiger partial charge in [0.15, 0.2) is 0 Å². The molecule has 1 aliphatic rings. The molecule has 3 heteroatoms. The lowest BCUT2D eigenvalue weighted by molar-refractivity contribution is 0.108. The highest BCUT2D eigenvalue weighted by Crippen LogP contribution is 2.23. The molecule has 0 aromatic rings. The second-order valence-corrected chi connectivity index (χ2v) is 4.62. The van der Waals surface area contributed by atoms with Crippen LogP contribution in [0.25, 0.3) is 0 Å². The van der Waals surface area contributed by atoms with Gasteiger partial charge in [-0.3, -0.25) is 0 Å². The maximum Gasteiger partial charge on any atom is 0.0540 e. The minimum Gasteiger partial charge on any atom is -0.396 e. The van der Waals surface area contributed by atoms with E-state index in [2.05, 4.69) is 5.32 Å². The van der Waals surface area contributed by atoms with E-state index in [0.29, 0.717) is 5.92 Å². The Hall–Kier alpha value is -0.120. The van der Waals surface area contributed by atoms with Crippen LogP contribution >= 0.6 is 0 Å². The summed E-state index contributed by atoms with van der Waals surface area (Å²) in [6.07, 6.45) is 4.15. The monoisotopic (exact) mass is 201 g/mol. The normalized spacial score (nSPS) is 30.2. The van der Waals surface area contributed by atoms with Crippen molar-refractivity contribution in [2.24, 2.45) is 11.8 Å². The van der Waals surface area contributed by atoms with E-state index in [1.165, 1.54) is 0 Å². The second-order valence-electron chi connectivity index (χ2n) is 4.62. The van der Waals surface area contributed by atoms with Crippen molar-refractivity contribution in [3.8, 4) is 0 Å². The van der Waals surface area contributed by atoms with Gasteiger partial charge in [0.1, 0.15) is 0 Å². The first-order valence-electron chi connectivity index (χ1n) is 5.72. The molecule has 1 rings (SSSR count). The predicted octanol–water partition coefficient (Wildman–Crippen LogP) is 0.755. The third-order valence-electron chi connectivity index (χ3n) is 3.05. The Bertz CT molecular complexity index is 144. The largest absolute Gasteiger partial charge is 0.396 e. The summed E-state index contributed by atoms with van der Waals surface area (Å²) in [6, 6.07) is 0. The molecule has 84 valence electrons. The molecule has 1 aliphatic carbocycles. The van der Waals surface area contributed by atoms with Crippen molar-refractivity contribution in [3.05, 3.63) is 0 Å². The molecule has 3 nitrogen and oxygen atoms in total.